The summed E-state index contributed by atoms with van der Waals surface area (Å²) in [4.78, 5) is 24.2. The largest absolute Gasteiger partial charge is 0.354 e. The average molecular weight is 337 g/mol. The van der Waals surface area contributed by atoms with E-state index in [-0.39, 0.29) is 36.3 Å². The Labute approximate surface area is 140 Å². The van der Waals surface area contributed by atoms with E-state index in [0.717, 1.165) is 18.2 Å². The van der Waals surface area contributed by atoms with Crippen molar-refractivity contribution in [2.24, 2.45) is 18.7 Å². The predicted molar refractivity (Wildman–Crippen MR) is 91.6 cm³/mol. The maximum atomic E-state index is 12.1. The van der Waals surface area contributed by atoms with Crippen molar-refractivity contribution in [1.29, 1.82) is 0 Å². The molecule has 1 aliphatic rings. The lowest BCUT2D eigenvalue weighted by Gasteiger charge is -2.12. The first-order chi connectivity index (χ1) is 10.6. The standard InChI is InChI=1S/C16H20N4O2.ClH/c1-20-16(22)12-5-3-2-4-11(12)14(19-20)8-15(21)18-9-13(17)10-6-7-10;/h2-5,10,13H,6-9,17H2,1H3,(H,18,21);1H. The zero-order valence-corrected chi connectivity index (χ0v) is 13.8. The summed E-state index contributed by atoms with van der Waals surface area (Å²) in [7, 11) is 1.60. The molecule has 0 spiro atoms. The molecule has 7 heteroatoms. The Hall–Kier alpha value is -1.92. The molecule has 1 amide bonds. The third-order valence-corrected chi connectivity index (χ3v) is 4.12. The Kier molecular flexibility index (Phi) is 5.38. The number of hydrogen-bond donors (Lipinski definition) is 2. The second-order valence-corrected chi connectivity index (χ2v) is 5.90. The second kappa shape index (κ2) is 7.10. The van der Waals surface area contributed by atoms with E-state index in [4.69, 9.17) is 5.73 Å². The van der Waals surface area contributed by atoms with Gasteiger partial charge in [-0.2, -0.15) is 5.10 Å². The molecule has 1 aromatic heterocycles. The Morgan fingerprint density at radius 2 is 2.04 bits per heavy atom. The minimum absolute atomic E-state index is 0. The second-order valence-electron chi connectivity index (χ2n) is 5.90. The lowest BCUT2D eigenvalue weighted by molar-refractivity contribution is -0.120. The van der Waals surface area contributed by atoms with Gasteiger partial charge in [0.1, 0.15) is 0 Å². The van der Waals surface area contributed by atoms with Crippen LogP contribution < -0.4 is 16.6 Å². The van der Waals surface area contributed by atoms with Crippen LogP contribution in [0.15, 0.2) is 29.1 Å². The molecule has 3 N–H and O–H groups in total. The molecule has 3 rings (SSSR count). The number of amides is 1. The molecule has 6 nitrogen and oxygen atoms in total. The first kappa shape index (κ1) is 17.4. The number of halogens is 1. The molecule has 1 unspecified atom stereocenters. The van der Waals surface area contributed by atoms with Crippen LogP contribution in [0.25, 0.3) is 10.8 Å². The molecule has 2 aromatic rings. The number of carbonyl (C=O) groups excluding carboxylic acids is 1. The van der Waals surface area contributed by atoms with E-state index < -0.39 is 0 Å². The Balaban J connectivity index is 0.00000192. The van der Waals surface area contributed by atoms with Crippen LogP contribution in [0.1, 0.15) is 18.5 Å². The highest BCUT2D eigenvalue weighted by Crippen LogP contribution is 2.31. The lowest BCUT2D eigenvalue weighted by Crippen LogP contribution is -2.39. The highest BCUT2D eigenvalue weighted by molar-refractivity contribution is 5.88. The first-order valence-electron chi connectivity index (χ1n) is 7.53. The number of rotatable bonds is 5. The van der Waals surface area contributed by atoms with Crippen LogP contribution in [0.4, 0.5) is 0 Å². The number of aryl methyl sites for hydroxylation is 1. The zero-order valence-electron chi connectivity index (χ0n) is 13.0. The van der Waals surface area contributed by atoms with E-state index >= 15 is 0 Å². The number of hydrogen-bond acceptors (Lipinski definition) is 4. The molecule has 1 fully saturated rings. The summed E-state index contributed by atoms with van der Waals surface area (Å²) in [5.74, 6) is 0.434. The molecule has 23 heavy (non-hydrogen) atoms. The highest BCUT2D eigenvalue weighted by atomic mass is 35.5. The Morgan fingerprint density at radius 3 is 2.70 bits per heavy atom. The van der Waals surface area contributed by atoms with Gasteiger partial charge in [-0.25, -0.2) is 4.68 Å². The summed E-state index contributed by atoms with van der Waals surface area (Å²) in [5, 5.41) is 8.40. The van der Waals surface area contributed by atoms with Gasteiger partial charge < -0.3 is 11.1 Å². The minimum atomic E-state index is -0.157. The molecular weight excluding hydrogens is 316 g/mol. The smallest absolute Gasteiger partial charge is 0.274 e. The lowest BCUT2D eigenvalue weighted by atomic mass is 10.1. The third-order valence-electron chi connectivity index (χ3n) is 4.12. The van der Waals surface area contributed by atoms with Crippen molar-refractivity contribution in [3.8, 4) is 0 Å². The summed E-state index contributed by atoms with van der Waals surface area (Å²) in [6.07, 6.45) is 2.46. The van der Waals surface area contributed by atoms with Crippen molar-refractivity contribution < 1.29 is 4.79 Å². The molecule has 0 bridgehead atoms. The van der Waals surface area contributed by atoms with Crippen LogP contribution in [0.3, 0.4) is 0 Å². The summed E-state index contributed by atoms with van der Waals surface area (Å²) < 4.78 is 1.28. The van der Waals surface area contributed by atoms with Gasteiger partial charge in [-0.15, -0.1) is 12.4 Å². The van der Waals surface area contributed by atoms with Gasteiger partial charge in [0, 0.05) is 25.0 Å². The molecule has 1 aromatic carbocycles. The molecular formula is C16H21ClN4O2. The molecule has 1 aliphatic carbocycles. The fourth-order valence-corrected chi connectivity index (χ4v) is 2.64. The summed E-state index contributed by atoms with van der Waals surface area (Å²) in [6.45, 7) is 0.493. The van der Waals surface area contributed by atoms with Crippen LogP contribution in [0.2, 0.25) is 0 Å². The normalized spacial score (nSPS) is 15.0. The molecule has 124 valence electrons. The van der Waals surface area contributed by atoms with Crippen LogP contribution >= 0.6 is 12.4 Å². The van der Waals surface area contributed by atoms with Crippen LogP contribution in [0.5, 0.6) is 0 Å². The van der Waals surface area contributed by atoms with E-state index in [9.17, 15) is 9.59 Å². The van der Waals surface area contributed by atoms with Crippen molar-refractivity contribution in [3.63, 3.8) is 0 Å². The van der Waals surface area contributed by atoms with Gasteiger partial charge in [0.2, 0.25) is 5.91 Å². The van der Waals surface area contributed by atoms with Crippen molar-refractivity contribution in [1.82, 2.24) is 15.1 Å². The monoisotopic (exact) mass is 336 g/mol. The van der Waals surface area contributed by atoms with Crippen molar-refractivity contribution >= 4 is 29.1 Å². The Bertz CT molecular complexity index is 770. The van der Waals surface area contributed by atoms with Crippen molar-refractivity contribution in [2.45, 2.75) is 25.3 Å². The number of benzene rings is 1. The van der Waals surface area contributed by atoms with Gasteiger partial charge in [-0.05, 0) is 24.8 Å². The first-order valence-corrected chi connectivity index (χ1v) is 7.53. The maximum Gasteiger partial charge on any atom is 0.274 e. The number of fused-ring (bicyclic) bond motifs is 1. The van der Waals surface area contributed by atoms with E-state index in [0.29, 0.717) is 23.5 Å². The Morgan fingerprint density at radius 1 is 1.39 bits per heavy atom. The van der Waals surface area contributed by atoms with Gasteiger partial charge in [0.05, 0.1) is 17.5 Å². The SMILES string of the molecule is Cl.Cn1nc(CC(=O)NCC(N)C2CC2)c2ccccc2c1=O. The summed E-state index contributed by atoms with van der Waals surface area (Å²) >= 11 is 0. The van der Waals surface area contributed by atoms with E-state index in [1.807, 2.05) is 18.2 Å². The number of carbonyl (C=O) groups is 1. The van der Waals surface area contributed by atoms with Crippen LogP contribution in [0, 0.1) is 5.92 Å². The summed E-state index contributed by atoms with van der Waals surface area (Å²) in [5.41, 5.74) is 6.43. The van der Waals surface area contributed by atoms with Gasteiger partial charge in [0.25, 0.3) is 5.56 Å². The maximum absolute atomic E-state index is 12.1. The minimum Gasteiger partial charge on any atom is -0.354 e. The van der Waals surface area contributed by atoms with Crippen LogP contribution in [-0.2, 0) is 18.3 Å². The van der Waals surface area contributed by atoms with Gasteiger partial charge in [0.15, 0.2) is 0 Å². The molecule has 0 aliphatic heterocycles. The van der Waals surface area contributed by atoms with E-state index in [1.165, 1.54) is 4.68 Å². The topological polar surface area (TPSA) is 90.0 Å². The number of nitrogens with two attached hydrogens (primary N) is 1. The van der Waals surface area contributed by atoms with Crippen molar-refractivity contribution in [3.05, 3.63) is 40.3 Å². The van der Waals surface area contributed by atoms with Crippen LogP contribution in [-0.4, -0.2) is 28.3 Å². The fourth-order valence-electron chi connectivity index (χ4n) is 2.64. The highest BCUT2D eigenvalue weighted by Gasteiger charge is 2.28. The van der Waals surface area contributed by atoms with E-state index in [2.05, 4.69) is 10.4 Å². The molecule has 1 atom stereocenters. The zero-order chi connectivity index (χ0) is 15.7. The number of nitrogens with zero attached hydrogens (tertiary/aromatic N) is 2. The summed E-state index contributed by atoms with van der Waals surface area (Å²) in [6, 6.07) is 7.26. The predicted octanol–water partition coefficient (Wildman–Crippen LogP) is 0.751. The molecule has 0 saturated heterocycles. The third kappa shape index (κ3) is 3.89. The molecule has 1 saturated carbocycles. The molecule has 1 heterocycles. The quantitative estimate of drug-likeness (QED) is 0.843. The molecule has 0 radical (unpaired) electrons. The number of nitrogens with one attached hydrogen (secondary N) is 1. The van der Waals surface area contributed by atoms with Gasteiger partial charge >= 0.3 is 0 Å². The number of aromatic nitrogens is 2. The van der Waals surface area contributed by atoms with Crippen molar-refractivity contribution in [2.75, 3.05) is 6.54 Å². The van der Waals surface area contributed by atoms with Gasteiger partial charge in [-0.1, -0.05) is 18.2 Å². The van der Waals surface area contributed by atoms with E-state index in [1.54, 1.807) is 13.1 Å². The average Bonchev–Trinajstić information content (AvgIpc) is 3.35. The fraction of sp³-hybridized carbons (Fsp3) is 0.438. The van der Waals surface area contributed by atoms with Gasteiger partial charge in [-0.3, -0.25) is 9.59 Å².